The Morgan fingerprint density at radius 2 is 2.10 bits per heavy atom. The monoisotopic (exact) mass is 305 g/mol. The Morgan fingerprint density at radius 3 is 2.95 bits per heavy atom. The zero-order valence-corrected chi connectivity index (χ0v) is 12.8. The fourth-order valence-corrected chi connectivity index (χ4v) is 3.70. The van der Waals surface area contributed by atoms with Crippen LogP contribution in [0.15, 0.2) is 42.5 Å². The molecule has 0 fully saturated rings. The van der Waals surface area contributed by atoms with Crippen LogP contribution in [-0.2, 0) is 5.75 Å². The van der Waals surface area contributed by atoms with Crippen molar-refractivity contribution in [3.63, 3.8) is 0 Å². The van der Waals surface area contributed by atoms with Crippen molar-refractivity contribution in [3.8, 4) is 5.75 Å². The van der Waals surface area contributed by atoms with Gasteiger partial charge in [0.1, 0.15) is 5.75 Å². The maximum atomic E-state index is 6.27. The van der Waals surface area contributed by atoms with Gasteiger partial charge in [-0.1, -0.05) is 35.9 Å². The number of ether oxygens (including phenoxy) is 1. The van der Waals surface area contributed by atoms with Crippen LogP contribution < -0.4 is 10.1 Å². The number of thioether (sulfide) groups is 1. The smallest absolute Gasteiger partial charge is 0.121 e. The number of hydrogen-bond donors (Lipinski definition) is 1. The number of fused-ring (bicyclic) bond motifs is 1. The second-order valence-electron chi connectivity index (χ2n) is 4.76. The van der Waals surface area contributed by atoms with Crippen LogP contribution in [-0.4, -0.2) is 12.9 Å². The van der Waals surface area contributed by atoms with E-state index < -0.39 is 0 Å². The average molecular weight is 306 g/mol. The molecule has 1 atom stereocenters. The highest BCUT2D eigenvalue weighted by atomic mass is 35.5. The molecule has 2 nitrogen and oxygen atoms in total. The summed E-state index contributed by atoms with van der Waals surface area (Å²) in [5.74, 6) is 2.94. The molecule has 3 rings (SSSR count). The first-order chi connectivity index (χ1) is 9.78. The van der Waals surface area contributed by atoms with Gasteiger partial charge in [0.2, 0.25) is 0 Å². The van der Waals surface area contributed by atoms with E-state index in [0.717, 1.165) is 28.0 Å². The second kappa shape index (κ2) is 5.98. The summed E-state index contributed by atoms with van der Waals surface area (Å²) in [6.07, 6.45) is 0. The lowest BCUT2D eigenvalue weighted by Gasteiger charge is -2.27. The van der Waals surface area contributed by atoms with Crippen molar-refractivity contribution < 1.29 is 4.74 Å². The summed E-state index contributed by atoms with van der Waals surface area (Å²) in [7, 11) is 1.67. The van der Waals surface area contributed by atoms with Gasteiger partial charge in [0.25, 0.3) is 0 Å². The van der Waals surface area contributed by atoms with Crippen LogP contribution in [0.2, 0.25) is 5.02 Å². The van der Waals surface area contributed by atoms with Gasteiger partial charge in [-0.2, -0.15) is 11.8 Å². The first-order valence-corrected chi connectivity index (χ1v) is 8.07. The van der Waals surface area contributed by atoms with E-state index in [9.17, 15) is 0 Å². The van der Waals surface area contributed by atoms with Crippen molar-refractivity contribution in [2.45, 2.75) is 11.8 Å². The summed E-state index contributed by atoms with van der Waals surface area (Å²) in [5.41, 5.74) is 3.69. The fourth-order valence-electron chi connectivity index (χ4n) is 2.43. The van der Waals surface area contributed by atoms with Crippen LogP contribution in [0.3, 0.4) is 0 Å². The van der Waals surface area contributed by atoms with Gasteiger partial charge in [-0.25, -0.2) is 0 Å². The number of hydrogen-bond acceptors (Lipinski definition) is 3. The number of methoxy groups -OCH3 is 1. The first kappa shape index (κ1) is 13.7. The molecule has 0 saturated heterocycles. The average Bonchev–Trinajstić information content (AvgIpc) is 2.50. The summed E-state index contributed by atoms with van der Waals surface area (Å²) in [4.78, 5) is 0. The predicted octanol–water partition coefficient (Wildman–Crippen LogP) is 4.75. The molecule has 4 heteroatoms. The molecule has 0 aliphatic carbocycles. The Morgan fingerprint density at radius 1 is 1.25 bits per heavy atom. The van der Waals surface area contributed by atoms with Crippen molar-refractivity contribution in [2.24, 2.45) is 0 Å². The molecular weight excluding hydrogens is 290 g/mol. The third-order valence-electron chi connectivity index (χ3n) is 3.48. The lowest BCUT2D eigenvalue weighted by atomic mass is 10.0. The van der Waals surface area contributed by atoms with Gasteiger partial charge in [0, 0.05) is 17.6 Å². The van der Waals surface area contributed by atoms with Crippen molar-refractivity contribution in [1.29, 1.82) is 0 Å². The fraction of sp³-hybridized carbons (Fsp3) is 0.250. The molecule has 0 amide bonds. The molecule has 0 bridgehead atoms. The molecule has 1 unspecified atom stereocenters. The molecule has 0 spiro atoms. The van der Waals surface area contributed by atoms with Gasteiger partial charge in [-0.15, -0.1) is 0 Å². The van der Waals surface area contributed by atoms with Gasteiger partial charge in [-0.3, -0.25) is 0 Å². The maximum Gasteiger partial charge on any atom is 0.121 e. The number of rotatable bonds is 3. The van der Waals surface area contributed by atoms with E-state index >= 15 is 0 Å². The SMILES string of the molecule is COc1ccc(Cl)c(NC2CSCc3ccccc32)c1. The first-order valence-electron chi connectivity index (χ1n) is 6.53. The van der Waals surface area contributed by atoms with Gasteiger partial charge < -0.3 is 10.1 Å². The Balaban J connectivity index is 1.89. The Bertz CT molecular complexity index is 617. The summed E-state index contributed by atoms with van der Waals surface area (Å²) in [5, 5.41) is 4.27. The predicted molar refractivity (Wildman–Crippen MR) is 87.0 cm³/mol. The summed E-state index contributed by atoms with van der Waals surface area (Å²) in [6, 6.07) is 14.6. The molecule has 1 N–H and O–H groups in total. The quantitative estimate of drug-likeness (QED) is 0.884. The Kier molecular flexibility index (Phi) is 4.08. The molecule has 1 aliphatic heterocycles. The van der Waals surface area contributed by atoms with Crippen LogP contribution in [0.5, 0.6) is 5.75 Å². The lowest BCUT2D eigenvalue weighted by Crippen LogP contribution is -2.18. The van der Waals surface area contributed by atoms with Crippen LogP contribution in [0.25, 0.3) is 0 Å². The normalized spacial score (nSPS) is 17.4. The molecule has 20 heavy (non-hydrogen) atoms. The van der Waals surface area contributed by atoms with E-state index in [4.69, 9.17) is 16.3 Å². The Hall–Kier alpha value is -1.32. The summed E-state index contributed by atoms with van der Waals surface area (Å²) < 4.78 is 5.26. The highest BCUT2D eigenvalue weighted by Gasteiger charge is 2.20. The minimum Gasteiger partial charge on any atom is -0.497 e. The third kappa shape index (κ3) is 2.74. The van der Waals surface area contributed by atoms with E-state index in [0.29, 0.717) is 0 Å². The molecule has 2 aromatic rings. The highest BCUT2D eigenvalue weighted by Crippen LogP contribution is 2.36. The zero-order chi connectivity index (χ0) is 13.9. The topological polar surface area (TPSA) is 21.3 Å². The molecule has 1 heterocycles. The van der Waals surface area contributed by atoms with Gasteiger partial charge >= 0.3 is 0 Å². The van der Waals surface area contributed by atoms with Crippen LogP contribution in [0, 0.1) is 0 Å². The van der Waals surface area contributed by atoms with E-state index in [-0.39, 0.29) is 6.04 Å². The van der Waals surface area contributed by atoms with E-state index in [2.05, 4.69) is 29.6 Å². The largest absolute Gasteiger partial charge is 0.497 e. The van der Waals surface area contributed by atoms with Crippen LogP contribution in [0.4, 0.5) is 5.69 Å². The molecular formula is C16H16ClNOS. The summed E-state index contributed by atoms with van der Waals surface area (Å²) >= 11 is 8.22. The summed E-state index contributed by atoms with van der Waals surface area (Å²) in [6.45, 7) is 0. The molecule has 0 radical (unpaired) electrons. The number of halogens is 1. The zero-order valence-electron chi connectivity index (χ0n) is 11.2. The van der Waals surface area contributed by atoms with Crippen molar-refractivity contribution >= 4 is 29.1 Å². The number of nitrogens with one attached hydrogen (secondary N) is 1. The standard InChI is InChI=1S/C16H16ClNOS/c1-19-12-6-7-14(17)15(8-12)18-16-10-20-9-11-4-2-3-5-13(11)16/h2-8,16,18H,9-10H2,1H3. The number of anilines is 1. The van der Waals surface area contributed by atoms with Gasteiger partial charge in [0.15, 0.2) is 0 Å². The highest BCUT2D eigenvalue weighted by molar-refractivity contribution is 7.98. The van der Waals surface area contributed by atoms with Crippen molar-refractivity contribution in [2.75, 3.05) is 18.2 Å². The lowest BCUT2D eigenvalue weighted by molar-refractivity contribution is 0.415. The van der Waals surface area contributed by atoms with Crippen molar-refractivity contribution in [1.82, 2.24) is 0 Å². The van der Waals surface area contributed by atoms with Crippen LogP contribution in [0.1, 0.15) is 17.2 Å². The van der Waals surface area contributed by atoms with E-state index in [1.54, 1.807) is 7.11 Å². The van der Waals surface area contributed by atoms with E-state index in [1.807, 2.05) is 30.0 Å². The minimum absolute atomic E-state index is 0.287. The Labute approximate surface area is 128 Å². The third-order valence-corrected chi connectivity index (χ3v) is 4.89. The minimum atomic E-state index is 0.287. The van der Waals surface area contributed by atoms with E-state index in [1.165, 1.54) is 11.1 Å². The second-order valence-corrected chi connectivity index (χ2v) is 6.19. The van der Waals surface area contributed by atoms with Gasteiger partial charge in [-0.05, 0) is 23.3 Å². The van der Waals surface area contributed by atoms with Gasteiger partial charge in [0.05, 0.1) is 23.9 Å². The maximum absolute atomic E-state index is 6.27. The molecule has 1 aliphatic rings. The number of benzene rings is 2. The molecule has 104 valence electrons. The molecule has 0 aromatic heterocycles. The van der Waals surface area contributed by atoms with Crippen LogP contribution >= 0.6 is 23.4 Å². The molecule has 2 aromatic carbocycles. The molecule has 0 saturated carbocycles. The van der Waals surface area contributed by atoms with Crippen molar-refractivity contribution in [3.05, 3.63) is 58.6 Å².